The van der Waals surface area contributed by atoms with Crippen molar-refractivity contribution in [2.45, 2.75) is 19.4 Å². The monoisotopic (exact) mass is 185 g/mol. The molecular weight excluding hydrogens is 170 g/mol. The summed E-state index contributed by atoms with van der Waals surface area (Å²) in [5.74, 6) is -0.0542. The zero-order valence-corrected chi connectivity index (χ0v) is 7.75. The van der Waals surface area contributed by atoms with Crippen LogP contribution in [0.15, 0.2) is 12.3 Å². The van der Waals surface area contributed by atoms with Gasteiger partial charge in [0, 0.05) is 19.4 Å². The molecule has 0 spiro atoms. The van der Waals surface area contributed by atoms with E-state index in [1.807, 2.05) is 0 Å². The van der Waals surface area contributed by atoms with Crippen molar-refractivity contribution < 1.29 is 14.6 Å². The van der Waals surface area contributed by atoms with E-state index in [2.05, 4.69) is 11.9 Å². The normalized spacial score (nSPS) is 28.1. The van der Waals surface area contributed by atoms with Crippen LogP contribution in [-0.2, 0) is 9.53 Å². The van der Waals surface area contributed by atoms with Gasteiger partial charge in [0.05, 0.1) is 18.4 Å². The van der Waals surface area contributed by atoms with Crippen LogP contribution in [0.4, 0.5) is 0 Å². The Morgan fingerprint density at radius 3 is 2.92 bits per heavy atom. The molecule has 4 nitrogen and oxygen atoms in total. The minimum Gasteiger partial charge on any atom is -0.513 e. The van der Waals surface area contributed by atoms with Gasteiger partial charge in [0.15, 0.2) is 0 Å². The van der Waals surface area contributed by atoms with Crippen LogP contribution in [0.25, 0.3) is 0 Å². The van der Waals surface area contributed by atoms with Crippen molar-refractivity contribution in [3.8, 4) is 0 Å². The number of amides is 1. The highest BCUT2D eigenvalue weighted by Crippen LogP contribution is 2.20. The van der Waals surface area contributed by atoms with Crippen LogP contribution in [0.3, 0.4) is 0 Å². The zero-order valence-electron chi connectivity index (χ0n) is 7.75. The van der Waals surface area contributed by atoms with Gasteiger partial charge in [0.25, 0.3) is 0 Å². The Bertz CT molecular complexity index is 215. The molecule has 0 aliphatic carbocycles. The lowest BCUT2D eigenvalue weighted by atomic mass is 9.93. The molecule has 4 heteroatoms. The summed E-state index contributed by atoms with van der Waals surface area (Å²) in [5, 5.41) is 12.0. The molecule has 1 saturated heterocycles. The van der Waals surface area contributed by atoms with Crippen LogP contribution in [0, 0.1) is 5.92 Å². The molecule has 0 aromatic rings. The average Bonchev–Trinajstić information content (AvgIpc) is 2.03. The summed E-state index contributed by atoms with van der Waals surface area (Å²) in [7, 11) is 0. The smallest absolute Gasteiger partial charge is 0.217 e. The SMILES string of the molecule is C=C(O)C1CCOCC1NC(C)=O. The third-order valence-electron chi connectivity index (χ3n) is 2.17. The van der Waals surface area contributed by atoms with Crippen molar-refractivity contribution in [1.29, 1.82) is 0 Å². The van der Waals surface area contributed by atoms with Crippen LogP contribution in [0.1, 0.15) is 13.3 Å². The fourth-order valence-electron chi connectivity index (χ4n) is 1.54. The first-order chi connectivity index (χ1) is 6.11. The molecule has 1 aliphatic rings. The number of carbonyl (C=O) groups is 1. The minimum atomic E-state index is -0.135. The molecule has 13 heavy (non-hydrogen) atoms. The predicted octanol–water partition coefficient (Wildman–Crippen LogP) is 0.599. The third-order valence-corrected chi connectivity index (χ3v) is 2.17. The van der Waals surface area contributed by atoms with E-state index in [0.717, 1.165) is 0 Å². The van der Waals surface area contributed by atoms with E-state index in [1.54, 1.807) is 0 Å². The lowest BCUT2D eigenvalue weighted by Gasteiger charge is -2.30. The summed E-state index contributed by atoms with van der Waals surface area (Å²) in [6.07, 6.45) is 0.709. The van der Waals surface area contributed by atoms with E-state index in [0.29, 0.717) is 19.6 Å². The average molecular weight is 185 g/mol. The van der Waals surface area contributed by atoms with E-state index < -0.39 is 0 Å². The Morgan fingerprint density at radius 2 is 2.38 bits per heavy atom. The summed E-state index contributed by atoms with van der Waals surface area (Å²) in [4.78, 5) is 10.8. The number of aliphatic hydroxyl groups excluding tert-OH is 1. The predicted molar refractivity (Wildman–Crippen MR) is 48.3 cm³/mol. The molecule has 1 rings (SSSR count). The second-order valence-electron chi connectivity index (χ2n) is 3.27. The van der Waals surface area contributed by atoms with Gasteiger partial charge >= 0.3 is 0 Å². The van der Waals surface area contributed by atoms with Gasteiger partial charge in [-0.2, -0.15) is 0 Å². The van der Waals surface area contributed by atoms with Crippen molar-refractivity contribution >= 4 is 5.91 Å². The standard InChI is InChI=1S/C9H15NO3/c1-6(11)8-3-4-13-5-9(8)10-7(2)12/h8-9,11H,1,3-5H2,2H3,(H,10,12). The molecule has 0 aromatic carbocycles. The molecule has 1 fully saturated rings. The van der Waals surface area contributed by atoms with E-state index in [1.165, 1.54) is 6.92 Å². The van der Waals surface area contributed by atoms with Crippen molar-refractivity contribution in [2.24, 2.45) is 5.92 Å². The van der Waals surface area contributed by atoms with Crippen molar-refractivity contribution in [3.05, 3.63) is 12.3 Å². The molecule has 0 saturated carbocycles. The first kappa shape index (κ1) is 10.1. The fourth-order valence-corrected chi connectivity index (χ4v) is 1.54. The molecule has 1 heterocycles. The fraction of sp³-hybridized carbons (Fsp3) is 0.667. The van der Waals surface area contributed by atoms with E-state index in [9.17, 15) is 9.90 Å². The summed E-state index contributed by atoms with van der Waals surface area (Å²) in [6.45, 7) is 5.99. The van der Waals surface area contributed by atoms with Gasteiger partial charge in [0.2, 0.25) is 5.91 Å². The maximum absolute atomic E-state index is 10.8. The zero-order chi connectivity index (χ0) is 9.84. The van der Waals surface area contributed by atoms with Crippen LogP contribution in [0.5, 0.6) is 0 Å². The van der Waals surface area contributed by atoms with Crippen molar-refractivity contribution in [2.75, 3.05) is 13.2 Å². The van der Waals surface area contributed by atoms with Crippen molar-refractivity contribution in [3.63, 3.8) is 0 Å². The molecule has 2 unspecified atom stereocenters. The molecule has 1 aliphatic heterocycles. The Kier molecular flexibility index (Phi) is 3.31. The maximum Gasteiger partial charge on any atom is 0.217 e. The van der Waals surface area contributed by atoms with E-state index in [-0.39, 0.29) is 23.6 Å². The van der Waals surface area contributed by atoms with Crippen LogP contribution < -0.4 is 5.32 Å². The molecule has 0 bridgehead atoms. The second-order valence-corrected chi connectivity index (χ2v) is 3.27. The Hall–Kier alpha value is -1.03. The largest absolute Gasteiger partial charge is 0.513 e. The quantitative estimate of drug-likeness (QED) is 0.619. The molecule has 0 radical (unpaired) electrons. The molecule has 0 aromatic heterocycles. The number of ether oxygens (including phenoxy) is 1. The van der Waals surface area contributed by atoms with Gasteiger partial charge in [0.1, 0.15) is 0 Å². The molecule has 74 valence electrons. The Morgan fingerprint density at radius 1 is 1.69 bits per heavy atom. The number of hydrogen-bond acceptors (Lipinski definition) is 3. The van der Waals surface area contributed by atoms with Crippen LogP contribution in [0.2, 0.25) is 0 Å². The highest BCUT2D eigenvalue weighted by Gasteiger charge is 2.28. The summed E-state index contributed by atoms with van der Waals surface area (Å²) in [5.41, 5.74) is 0. The first-order valence-corrected chi connectivity index (χ1v) is 4.34. The van der Waals surface area contributed by atoms with Gasteiger partial charge in [-0.05, 0) is 6.42 Å². The number of aliphatic hydroxyl groups is 1. The van der Waals surface area contributed by atoms with Crippen LogP contribution >= 0.6 is 0 Å². The number of carbonyl (C=O) groups excluding carboxylic acids is 1. The number of nitrogens with one attached hydrogen (secondary N) is 1. The van der Waals surface area contributed by atoms with Crippen LogP contribution in [-0.4, -0.2) is 30.3 Å². The van der Waals surface area contributed by atoms with Gasteiger partial charge in [-0.3, -0.25) is 4.79 Å². The Balaban J connectivity index is 2.56. The second kappa shape index (κ2) is 4.28. The van der Waals surface area contributed by atoms with Gasteiger partial charge in [-0.1, -0.05) is 6.58 Å². The van der Waals surface area contributed by atoms with Gasteiger partial charge < -0.3 is 15.2 Å². The topological polar surface area (TPSA) is 58.6 Å². The molecule has 1 amide bonds. The lowest BCUT2D eigenvalue weighted by Crippen LogP contribution is -2.46. The molecule has 2 N–H and O–H groups in total. The first-order valence-electron chi connectivity index (χ1n) is 4.34. The minimum absolute atomic E-state index is 0.0716. The third kappa shape index (κ3) is 2.73. The number of rotatable bonds is 2. The highest BCUT2D eigenvalue weighted by atomic mass is 16.5. The molecular formula is C9H15NO3. The highest BCUT2D eigenvalue weighted by molar-refractivity contribution is 5.73. The summed E-state index contributed by atoms with van der Waals surface area (Å²) < 4.78 is 5.20. The van der Waals surface area contributed by atoms with Crippen molar-refractivity contribution in [1.82, 2.24) is 5.32 Å². The lowest BCUT2D eigenvalue weighted by molar-refractivity contribution is -0.121. The van der Waals surface area contributed by atoms with Gasteiger partial charge in [-0.25, -0.2) is 0 Å². The van der Waals surface area contributed by atoms with Gasteiger partial charge in [-0.15, -0.1) is 0 Å². The summed E-state index contributed by atoms with van der Waals surface area (Å²) >= 11 is 0. The maximum atomic E-state index is 10.8. The van der Waals surface area contributed by atoms with E-state index in [4.69, 9.17) is 4.74 Å². The Labute approximate surface area is 77.6 Å². The van der Waals surface area contributed by atoms with E-state index >= 15 is 0 Å². The number of hydrogen-bond donors (Lipinski definition) is 2. The molecule has 2 atom stereocenters. The summed E-state index contributed by atoms with van der Waals surface area (Å²) in [6, 6.07) is -0.135.